The molecule has 0 saturated heterocycles. The average molecular weight is 502 g/mol. The topological polar surface area (TPSA) is 91.9 Å². The molecule has 4 rings (SSSR count). The van der Waals surface area contributed by atoms with Crippen LogP contribution < -0.4 is 4.72 Å². The SMILES string of the molecule is CCCS(=O)(=O)Nc1ccc(F)c(C(=O)c2c[nH]c3ncc(-c4ccc(C(C)C)cc4)cc23)c1F.[HH].[HH]. The van der Waals surface area contributed by atoms with Gasteiger partial charge in [0.2, 0.25) is 15.8 Å². The lowest BCUT2D eigenvalue weighted by molar-refractivity contribution is 0.103. The predicted molar refractivity (Wildman–Crippen MR) is 137 cm³/mol. The molecule has 0 unspecified atom stereocenters. The molecule has 0 aliphatic rings. The summed E-state index contributed by atoms with van der Waals surface area (Å²) >= 11 is 0. The summed E-state index contributed by atoms with van der Waals surface area (Å²) in [6, 6.07) is 11.5. The third-order valence-corrected chi connectivity index (χ3v) is 7.22. The first-order valence-corrected chi connectivity index (χ1v) is 12.9. The van der Waals surface area contributed by atoms with E-state index in [1.165, 1.54) is 11.8 Å². The molecule has 0 spiro atoms. The molecule has 0 atom stereocenters. The van der Waals surface area contributed by atoms with Gasteiger partial charge in [-0.2, -0.15) is 0 Å². The summed E-state index contributed by atoms with van der Waals surface area (Å²) in [6.45, 7) is 5.86. The first-order valence-electron chi connectivity index (χ1n) is 11.2. The molecule has 2 heterocycles. The van der Waals surface area contributed by atoms with Gasteiger partial charge in [0, 0.05) is 31.8 Å². The maximum Gasteiger partial charge on any atom is 0.232 e. The van der Waals surface area contributed by atoms with E-state index in [1.807, 2.05) is 24.3 Å². The maximum atomic E-state index is 15.2. The quantitative estimate of drug-likeness (QED) is 0.269. The molecule has 4 aromatic rings. The number of nitrogens with one attached hydrogen (secondary N) is 2. The first kappa shape index (κ1) is 24.5. The van der Waals surface area contributed by atoms with E-state index in [-0.39, 0.29) is 14.2 Å². The van der Waals surface area contributed by atoms with Crippen molar-refractivity contribution in [2.45, 2.75) is 33.1 Å². The van der Waals surface area contributed by atoms with Crippen LogP contribution in [0.1, 0.15) is 57.4 Å². The van der Waals surface area contributed by atoms with Crippen molar-refractivity contribution in [2.24, 2.45) is 0 Å². The van der Waals surface area contributed by atoms with Gasteiger partial charge in [0.15, 0.2) is 5.82 Å². The van der Waals surface area contributed by atoms with E-state index < -0.39 is 38.7 Å². The van der Waals surface area contributed by atoms with Crippen LogP contribution in [-0.2, 0) is 10.0 Å². The molecule has 0 saturated carbocycles. The second-order valence-corrected chi connectivity index (χ2v) is 10.5. The number of pyridine rings is 1. The number of ketones is 1. The second-order valence-electron chi connectivity index (χ2n) is 8.63. The molecule has 0 aliphatic heterocycles. The average Bonchev–Trinajstić information content (AvgIpc) is 3.24. The van der Waals surface area contributed by atoms with Crippen LogP contribution in [0.2, 0.25) is 0 Å². The van der Waals surface area contributed by atoms with Gasteiger partial charge in [-0.15, -0.1) is 0 Å². The zero-order chi connectivity index (χ0) is 25.3. The number of nitrogens with zero attached hydrogens (tertiary/aromatic N) is 1. The highest BCUT2D eigenvalue weighted by molar-refractivity contribution is 7.92. The number of hydrogen-bond donors (Lipinski definition) is 2. The van der Waals surface area contributed by atoms with E-state index in [1.54, 1.807) is 19.2 Å². The lowest BCUT2D eigenvalue weighted by Gasteiger charge is -2.11. The third kappa shape index (κ3) is 4.95. The molecule has 0 aliphatic carbocycles. The Morgan fingerprint density at radius 3 is 2.49 bits per heavy atom. The number of halogens is 2. The van der Waals surface area contributed by atoms with Crippen LogP contribution in [0.15, 0.2) is 54.9 Å². The van der Waals surface area contributed by atoms with Gasteiger partial charge in [0.05, 0.1) is 17.0 Å². The lowest BCUT2D eigenvalue weighted by atomic mass is 9.98. The fourth-order valence-electron chi connectivity index (χ4n) is 3.87. The number of hydrogen-bond acceptors (Lipinski definition) is 4. The number of aromatic amines is 1. The number of carbonyl (C=O) groups is 1. The van der Waals surface area contributed by atoms with Gasteiger partial charge in [-0.25, -0.2) is 22.2 Å². The minimum absolute atomic E-state index is 0. The molecule has 6 nitrogen and oxygen atoms in total. The number of aromatic nitrogens is 2. The van der Waals surface area contributed by atoms with E-state index in [0.29, 0.717) is 23.4 Å². The molecular weight excluding hydrogens is 472 g/mol. The number of benzene rings is 2. The van der Waals surface area contributed by atoms with Gasteiger partial charge in [-0.1, -0.05) is 45.0 Å². The van der Waals surface area contributed by atoms with Crippen LogP contribution in [-0.4, -0.2) is 29.9 Å². The number of sulfonamides is 1. The highest BCUT2D eigenvalue weighted by Crippen LogP contribution is 2.30. The van der Waals surface area contributed by atoms with Gasteiger partial charge in [0.1, 0.15) is 11.5 Å². The molecule has 0 fully saturated rings. The van der Waals surface area contributed by atoms with Crippen molar-refractivity contribution in [1.82, 2.24) is 9.97 Å². The Labute approximate surface area is 205 Å². The third-order valence-electron chi connectivity index (χ3n) is 5.74. The van der Waals surface area contributed by atoms with Crippen molar-refractivity contribution in [2.75, 3.05) is 10.5 Å². The number of rotatable bonds is 8. The summed E-state index contributed by atoms with van der Waals surface area (Å²) in [6.07, 6.45) is 3.31. The fourth-order valence-corrected chi connectivity index (χ4v) is 5.00. The zero-order valence-corrected chi connectivity index (χ0v) is 20.3. The lowest BCUT2D eigenvalue weighted by Crippen LogP contribution is -2.18. The van der Waals surface area contributed by atoms with E-state index in [0.717, 1.165) is 23.3 Å². The first-order chi connectivity index (χ1) is 16.6. The van der Waals surface area contributed by atoms with E-state index >= 15 is 4.39 Å². The Balaban J connectivity index is 0.00000241. The monoisotopic (exact) mass is 501 g/mol. The Bertz CT molecular complexity index is 1520. The van der Waals surface area contributed by atoms with Crippen molar-refractivity contribution in [3.05, 3.63) is 83.2 Å². The fraction of sp³-hybridized carbons (Fsp3) is 0.231. The van der Waals surface area contributed by atoms with Crippen LogP contribution >= 0.6 is 0 Å². The standard InChI is InChI=1S/C26H25F2N3O3S.2H2/c1-4-11-35(33,34)31-22-10-9-21(27)23(24(22)28)25(32)20-14-30-26-19(20)12-18(13-29-26)17-7-5-16(6-8-17)15(2)3;;/h5-10,12-15,31H,4,11H2,1-3H3,(H,29,30);2*1H. The van der Waals surface area contributed by atoms with Crippen LogP contribution in [0.5, 0.6) is 0 Å². The zero-order valence-electron chi connectivity index (χ0n) is 19.5. The summed E-state index contributed by atoms with van der Waals surface area (Å²) in [4.78, 5) is 20.5. The molecule has 0 radical (unpaired) electrons. The van der Waals surface area contributed by atoms with Crippen molar-refractivity contribution in [3.8, 4) is 11.1 Å². The number of anilines is 1. The van der Waals surface area contributed by atoms with Gasteiger partial charge >= 0.3 is 0 Å². The molecule has 2 aromatic carbocycles. The van der Waals surface area contributed by atoms with E-state index in [4.69, 9.17) is 0 Å². The predicted octanol–water partition coefficient (Wildman–Crippen LogP) is 6.51. The van der Waals surface area contributed by atoms with Gasteiger partial charge in [-0.3, -0.25) is 9.52 Å². The van der Waals surface area contributed by atoms with E-state index in [9.17, 15) is 17.6 Å². The minimum Gasteiger partial charge on any atom is -0.345 e. The van der Waals surface area contributed by atoms with Crippen molar-refractivity contribution >= 4 is 32.5 Å². The summed E-state index contributed by atoms with van der Waals surface area (Å²) in [5.41, 5.74) is 1.90. The number of fused-ring (bicyclic) bond motifs is 1. The van der Waals surface area contributed by atoms with Crippen LogP contribution in [0.4, 0.5) is 14.5 Å². The van der Waals surface area contributed by atoms with Gasteiger partial charge in [-0.05, 0) is 41.7 Å². The molecule has 35 heavy (non-hydrogen) atoms. The number of H-pyrrole nitrogens is 1. The van der Waals surface area contributed by atoms with Crippen molar-refractivity contribution in [3.63, 3.8) is 0 Å². The normalized spacial score (nSPS) is 11.8. The summed E-state index contributed by atoms with van der Waals surface area (Å²) in [5, 5.41) is 0.399. The summed E-state index contributed by atoms with van der Waals surface area (Å²) in [5.74, 6) is -3.13. The molecule has 186 valence electrons. The molecule has 2 N–H and O–H groups in total. The largest absolute Gasteiger partial charge is 0.345 e. The Kier molecular flexibility index (Phi) is 6.71. The Morgan fingerprint density at radius 1 is 1.11 bits per heavy atom. The van der Waals surface area contributed by atoms with Crippen LogP contribution in [0.3, 0.4) is 0 Å². The highest BCUT2D eigenvalue weighted by Gasteiger charge is 2.26. The summed E-state index contributed by atoms with van der Waals surface area (Å²) in [7, 11) is -3.84. The number of carbonyl (C=O) groups excluding carboxylic acids is 1. The van der Waals surface area contributed by atoms with Crippen LogP contribution in [0, 0.1) is 11.6 Å². The minimum atomic E-state index is -3.84. The van der Waals surface area contributed by atoms with Crippen LogP contribution in [0.25, 0.3) is 22.2 Å². The molecule has 0 amide bonds. The van der Waals surface area contributed by atoms with Crippen molar-refractivity contribution < 1.29 is 24.8 Å². The maximum absolute atomic E-state index is 15.2. The second kappa shape index (κ2) is 9.58. The Hall–Kier alpha value is -3.59. The van der Waals surface area contributed by atoms with Crippen molar-refractivity contribution in [1.29, 1.82) is 0 Å². The smallest absolute Gasteiger partial charge is 0.232 e. The van der Waals surface area contributed by atoms with Gasteiger partial charge in [0.25, 0.3) is 0 Å². The molecule has 9 heteroatoms. The van der Waals surface area contributed by atoms with E-state index in [2.05, 4.69) is 28.5 Å². The Morgan fingerprint density at radius 2 is 1.83 bits per heavy atom. The van der Waals surface area contributed by atoms with Gasteiger partial charge < -0.3 is 4.98 Å². The summed E-state index contributed by atoms with van der Waals surface area (Å²) < 4.78 is 56.1. The molecule has 0 bridgehead atoms. The highest BCUT2D eigenvalue weighted by atomic mass is 32.2. The molecular formula is C26H29F2N3O3S. The molecule has 2 aromatic heterocycles.